The van der Waals surface area contributed by atoms with Crippen LogP contribution in [-0.2, 0) is 0 Å². The van der Waals surface area contributed by atoms with E-state index in [0.717, 1.165) is 27.0 Å². The molecule has 0 saturated heterocycles. The Morgan fingerprint density at radius 1 is 0.743 bits per heavy atom. The maximum atomic E-state index is 5.94. The SMILES string of the molecule is Brc1ccccc1-n1cc(-c2nn[nH]n2)cn1.Clc1cc(Cl)cc(-n2cc(-c3nn[nH]n3)cn2)c1. The van der Waals surface area contributed by atoms with Crippen molar-refractivity contribution in [3.05, 3.63) is 81.8 Å². The fraction of sp³-hybridized carbons (Fsp3) is 0. The van der Waals surface area contributed by atoms with Gasteiger partial charge in [-0.25, -0.2) is 9.36 Å². The molecule has 0 fully saturated rings. The van der Waals surface area contributed by atoms with E-state index in [4.69, 9.17) is 23.2 Å². The lowest BCUT2D eigenvalue weighted by molar-refractivity contribution is 0.876. The van der Waals surface area contributed by atoms with E-state index in [1.165, 1.54) is 0 Å². The summed E-state index contributed by atoms with van der Waals surface area (Å²) >= 11 is 15.4. The van der Waals surface area contributed by atoms with Gasteiger partial charge in [-0.1, -0.05) is 35.3 Å². The summed E-state index contributed by atoms with van der Waals surface area (Å²) in [4.78, 5) is 0. The fourth-order valence-electron chi connectivity index (χ4n) is 3.03. The molecule has 2 N–H and O–H groups in total. The Kier molecular flexibility index (Phi) is 6.61. The molecule has 0 bridgehead atoms. The van der Waals surface area contributed by atoms with Gasteiger partial charge in [-0.15, -0.1) is 20.4 Å². The molecule has 6 aromatic rings. The zero-order chi connectivity index (χ0) is 24.2. The molecule has 2 aromatic carbocycles. The van der Waals surface area contributed by atoms with Crippen LogP contribution in [0.25, 0.3) is 34.2 Å². The van der Waals surface area contributed by atoms with Crippen molar-refractivity contribution in [2.45, 2.75) is 0 Å². The predicted molar refractivity (Wildman–Crippen MR) is 131 cm³/mol. The highest BCUT2D eigenvalue weighted by molar-refractivity contribution is 9.10. The minimum absolute atomic E-state index is 0.481. The first-order valence-electron chi connectivity index (χ1n) is 9.85. The molecule has 0 atom stereocenters. The highest BCUT2D eigenvalue weighted by Gasteiger charge is 2.09. The molecule has 15 heteroatoms. The summed E-state index contributed by atoms with van der Waals surface area (Å²) in [5.41, 5.74) is 3.29. The van der Waals surface area contributed by atoms with Crippen molar-refractivity contribution in [1.29, 1.82) is 0 Å². The quantitative estimate of drug-likeness (QED) is 0.320. The second-order valence-corrected chi connectivity index (χ2v) is 8.62. The molecule has 0 unspecified atom stereocenters. The van der Waals surface area contributed by atoms with Crippen LogP contribution in [0.4, 0.5) is 0 Å². The summed E-state index contributed by atoms with van der Waals surface area (Å²) in [6, 6.07) is 13.0. The zero-order valence-corrected chi connectivity index (χ0v) is 20.6. The summed E-state index contributed by atoms with van der Waals surface area (Å²) in [7, 11) is 0. The van der Waals surface area contributed by atoms with Gasteiger partial charge in [0, 0.05) is 26.9 Å². The molecule has 0 aliphatic rings. The second kappa shape index (κ2) is 10.1. The van der Waals surface area contributed by atoms with Gasteiger partial charge in [-0.3, -0.25) is 0 Å². The molecule has 0 radical (unpaired) electrons. The summed E-state index contributed by atoms with van der Waals surface area (Å²) in [5, 5.41) is 36.9. The van der Waals surface area contributed by atoms with E-state index < -0.39 is 0 Å². The van der Waals surface area contributed by atoms with Crippen LogP contribution in [0.3, 0.4) is 0 Å². The molecule has 12 nitrogen and oxygen atoms in total. The number of hydrogen-bond donors (Lipinski definition) is 2. The molecular weight excluding hydrogens is 559 g/mol. The molecule has 4 aromatic heterocycles. The Labute approximate surface area is 215 Å². The summed E-state index contributed by atoms with van der Waals surface area (Å²) < 4.78 is 4.38. The zero-order valence-electron chi connectivity index (χ0n) is 17.5. The average molecular weight is 572 g/mol. The van der Waals surface area contributed by atoms with E-state index in [1.807, 2.05) is 30.5 Å². The Hall–Kier alpha value is -3.94. The smallest absolute Gasteiger partial charge is 0.207 e. The van der Waals surface area contributed by atoms with Gasteiger partial charge in [-0.2, -0.15) is 20.6 Å². The number of aromatic nitrogens is 12. The lowest BCUT2D eigenvalue weighted by atomic mass is 10.3. The highest BCUT2D eigenvalue weighted by atomic mass is 79.9. The monoisotopic (exact) mass is 570 g/mol. The number of hydrogen-bond acceptors (Lipinski definition) is 8. The predicted octanol–water partition coefficient (Wildman–Crippen LogP) is 4.17. The third-order valence-corrected chi connectivity index (χ3v) is 5.69. The molecule has 4 heterocycles. The molecule has 0 aliphatic carbocycles. The van der Waals surface area contributed by atoms with Crippen molar-refractivity contribution >= 4 is 39.1 Å². The molecule has 0 spiro atoms. The molecule has 0 saturated carbocycles. The van der Waals surface area contributed by atoms with Gasteiger partial charge in [-0.05, 0) is 56.7 Å². The summed E-state index contributed by atoms with van der Waals surface area (Å²) in [6.45, 7) is 0. The van der Waals surface area contributed by atoms with Crippen molar-refractivity contribution in [3.8, 4) is 34.2 Å². The Morgan fingerprint density at radius 3 is 1.89 bits per heavy atom. The van der Waals surface area contributed by atoms with Gasteiger partial charge in [0.15, 0.2) is 0 Å². The number of nitrogens with zero attached hydrogens (tertiary/aromatic N) is 10. The average Bonchev–Trinajstić information content (AvgIpc) is 3.65. The highest BCUT2D eigenvalue weighted by Crippen LogP contribution is 2.23. The minimum Gasteiger partial charge on any atom is -0.240 e. The normalized spacial score (nSPS) is 10.7. The van der Waals surface area contributed by atoms with Crippen molar-refractivity contribution in [2.75, 3.05) is 0 Å². The molecular formula is C20H13BrCl2N12. The number of halogens is 3. The summed E-state index contributed by atoms with van der Waals surface area (Å²) in [5.74, 6) is 1.01. The minimum atomic E-state index is 0.481. The van der Waals surface area contributed by atoms with E-state index >= 15 is 0 Å². The maximum Gasteiger partial charge on any atom is 0.207 e. The van der Waals surface area contributed by atoms with Crippen LogP contribution < -0.4 is 0 Å². The largest absolute Gasteiger partial charge is 0.240 e. The number of rotatable bonds is 4. The van der Waals surface area contributed by atoms with Crippen LogP contribution in [0.1, 0.15) is 0 Å². The van der Waals surface area contributed by atoms with Crippen LogP contribution in [-0.4, -0.2) is 60.8 Å². The lowest BCUT2D eigenvalue weighted by Gasteiger charge is -2.02. The van der Waals surface area contributed by atoms with Crippen molar-refractivity contribution in [2.24, 2.45) is 0 Å². The third kappa shape index (κ3) is 5.26. The van der Waals surface area contributed by atoms with Crippen LogP contribution in [0.15, 0.2) is 71.7 Å². The van der Waals surface area contributed by atoms with Crippen molar-refractivity contribution in [3.63, 3.8) is 0 Å². The van der Waals surface area contributed by atoms with E-state index in [0.29, 0.717) is 21.7 Å². The van der Waals surface area contributed by atoms with Crippen LogP contribution in [0.5, 0.6) is 0 Å². The number of aromatic amines is 2. The number of tetrazole rings is 2. The first-order valence-corrected chi connectivity index (χ1v) is 11.4. The number of benzene rings is 2. The first kappa shape index (κ1) is 22.8. The topological polar surface area (TPSA) is 145 Å². The first-order chi connectivity index (χ1) is 17.1. The van der Waals surface area contributed by atoms with Crippen LogP contribution >= 0.6 is 39.1 Å². The molecule has 35 heavy (non-hydrogen) atoms. The van der Waals surface area contributed by atoms with E-state index in [-0.39, 0.29) is 0 Å². The van der Waals surface area contributed by atoms with E-state index in [9.17, 15) is 0 Å². The van der Waals surface area contributed by atoms with Crippen LogP contribution in [0, 0.1) is 0 Å². The van der Waals surface area contributed by atoms with E-state index in [1.54, 1.807) is 46.2 Å². The standard InChI is InChI=1S/C10H7BrN6.C10H6Cl2N6/c11-8-3-1-2-4-9(8)17-6-7(5-12-17)10-13-15-16-14-10;11-7-1-8(12)3-9(2-7)18-5-6(4-13-18)10-14-16-17-15-10/h1-6H,(H,13,14,15,16);1-5H,(H,14,15,16,17). The summed E-state index contributed by atoms with van der Waals surface area (Å²) in [6.07, 6.45) is 6.96. The molecule has 6 rings (SSSR count). The Balaban J connectivity index is 0.000000145. The van der Waals surface area contributed by atoms with Crippen molar-refractivity contribution < 1.29 is 0 Å². The Morgan fingerprint density at radius 2 is 1.31 bits per heavy atom. The number of H-pyrrole nitrogens is 2. The van der Waals surface area contributed by atoms with Crippen molar-refractivity contribution in [1.82, 2.24) is 60.8 Å². The van der Waals surface area contributed by atoms with E-state index in [2.05, 4.69) is 67.4 Å². The van der Waals surface area contributed by atoms with Gasteiger partial charge in [0.25, 0.3) is 0 Å². The number of nitrogens with one attached hydrogen (secondary N) is 2. The second-order valence-electron chi connectivity index (χ2n) is 6.90. The number of para-hydroxylation sites is 1. The van der Waals surface area contributed by atoms with Gasteiger partial charge < -0.3 is 0 Å². The van der Waals surface area contributed by atoms with Gasteiger partial charge in [0.05, 0.1) is 34.9 Å². The Bertz CT molecular complexity index is 1520. The van der Waals surface area contributed by atoms with Crippen LogP contribution in [0.2, 0.25) is 10.0 Å². The van der Waals surface area contributed by atoms with Gasteiger partial charge in [0.1, 0.15) is 0 Å². The lowest BCUT2D eigenvalue weighted by Crippen LogP contribution is -1.94. The maximum absolute atomic E-state index is 5.94. The molecule has 0 aliphatic heterocycles. The van der Waals surface area contributed by atoms with Gasteiger partial charge in [0.2, 0.25) is 11.6 Å². The third-order valence-electron chi connectivity index (χ3n) is 4.58. The molecule has 0 amide bonds. The molecule has 174 valence electrons. The van der Waals surface area contributed by atoms with Gasteiger partial charge >= 0.3 is 0 Å². The fourth-order valence-corrected chi connectivity index (χ4v) is 4.01.